The number of rotatable bonds is 3. The summed E-state index contributed by atoms with van der Waals surface area (Å²) in [5.41, 5.74) is -2.77. The van der Waals surface area contributed by atoms with Gasteiger partial charge in [-0.05, 0) is 18.6 Å². The molecule has 21 heavy (non-hydrogen) atoms. The van der Waals surface area contributed by atoms with Crippen LogP contribution in [0.4, 0.5) is 24.5 Å². The average Bonchev–Trinajstić information content (AvgIpc) is 2.38. The monoisotopic (exact) mass is 296 g/mol. The number of allylic oxidation sites excluding steroid dienone is 1. The number of aryl methyl sites for hydroxylation is 1. The van der Waals surface area contributed by atoms with E-state index >= 15 is 0 Å². The van der Waals surface area contributed by atoms with E-state index in [0.717, 1.165) is 19.2 Å². The molecular weight excluding hydrogens is 289 g/mol. The maximum Gasteiger partial charge on any atom is 0.416 e. The Morgan fingerprint density at radius 3 is 2.38 bits per heavy atom. The number of hydrogen-bond donors (Lipinski definition) is 1. The van der Waals surface area contributed by atoms with Gasteiger partial charge in [-0.2, -0.15) is 23.7 Å². The highest BCUT2D eigenvalue weighted by molar-refractivity contribution is 5.66. The molecule has 0 amide bonds. The number of nitro benzene ring substituents is 1. The highest BCUT2D eigenvalue weighted by Crippen LogP contribution is 2.37. The van der Waals surface area contributed by atoms with Crippen molar-refractivity contribution < 1.29 is 18.1 Å². The fraction of sp³-hybridized carbons (Fsp3) is 0.167. The van der Waals surface area contributed by atoms with E-state index in [1.807, 2.05) is 0 Å². The van der Waals surface area contributed by atoms with Crippen molar-refractivity contribution in [3.63, 3.8) is 0 Å². The first-order valence-corrected chi connectivity index (χ1v) is 5.33. The van der Waals surface area contributed by atoms with Crippen LogP contribution in [-0.4, -0.2) is 4.92 Å². The van der Waals surface area contributed by atoms with Crippen LogP contribution in [0.15, 0.2) is 23.9 Å². The minimum Gasteiger partial charge on any atom is -0.354 e. The molecule has 0 aliphatic carbocycles. The molecule has 0 saturated carbocycles. The zero-order valence-electron chi connectivity index (χ0n) is 10.5. The SMILES string of the molecule is Cc1cc(NC=C(C#N)C#N)c([N+](=O)[O-])cc1C(F)(F)F. The Balaban J connectivity index is 3.39. The summed E-state index contributed by atoms with van der Waals surface area (Å²) < 4.78 is 38.1. The van der Waals surface area contributed by atoms with E-state index in [1.165, 1.54) is 12.1 Å². The van der Waals surface area contributed by atoms with Crippen LogP contribution in [0.5, 0.6) is 0 Å². The first-order chi connectivity index (χ1) is 9.70. The maximum atomic E-state index is 12.7. The van der Waals surface area contributed by atoms with Crippen molar-refractivity contribution >= 4 is 11.4 Å². The number of halogens is 3. The zero-order chi connectivity index (χ0) is 16.2. The van der Waals surface area contributed by atoms with Crippen molar-refractivity contribution in [1.29, 1.82) is 10.5 Å². The fourth-order valence-corrected chi connectivity index (χ4v) is 1.51. The third-order valence-electron chi connectivity index (χ3n) is 2.46. The van der Waals surface area contributed by atoms with Crippen molar-refractivity contribution in [2.24, 2.45) is 0 Å². The largest absolute Gasteiger partial charge is 0.416 e. The molecule has 1 aromatic carbocycles. The summed E-state index contributed by atoms with van der Waals surface area (Å²) in [6.07, 6.45) is -3.83. The van der Waals surface area contributed by atoms with Crippen LogP contribution in [0.2, 0.25) is 0 Å². The molecule has 0 atom stereocenters. The van der Waals surface area contributed by atoms with Gasteiger partial charge in [0.1, 0.15) is 23.4 Å². The summed E-state index contributed by atoms with van der Waals surface area (Å²) in [6.45, 7) is 1.15. The third-order valence-corrected chi connectivity index (χ3v) is 2.46. The highest BCUT2D eigenvalue weighted by Gasteiger charge is 2.35. The Morgan fingerprint density at radius 1 is 1.38 bits per heavy atom. The molecule has 0 saturated heterocycles. The topological polar surface area (TPSA) is 103 Å². The number of nitro groups is 1. The lowest BCUT2D eigenvalue weighted by Crippen LogP contribution is -2.09. The number of benzene rings is 1. The second-order valence-corrected chi connectivity index (χ2v) is 3.87. The molecule has 0 heterocycles. The second-order valence-electron chi connectivity index (χ2n) is 3.87. The Bertz CT molecular complexity index is 680. The minimum absolute atomic E-state index is 0.223. The third kappa shape index (κ3) is 3.70. The lowest BCUT2D eigenvalue weighted by atomic mass is 10.1. The molecule has 1 N–H and O–H groups in total. The number of nitriles is 2. The van der Waals surface area contributed by atoms with Gasteiger partial charge in [0.25, 0.3) is 5.69 Å². The van der Waals surface area contributed by atoms with Crippen LogP contribution in [0.1, 0.15) is 11.1 Å². The van der Waals surface area contributed by atoms with Crippen molar-refractivity contribution in [3.05, 3.63) is 45.1 Å². The van der Waals surface area contributed by atoms with Gasteiger partial charge in [0.05, 0.1) is 10.5 Å². The molecule has 0 unspecified atom stereocenters. The lowest BCUT2D eigenvalue weighted by molar-refractivity contribution is -0.384. The summed E-state index contributed by atoms with van der Waals surface area (Å²) in [5, 5.41) is 30.2. The molecule has 108 valence electrons. The first kappa shape index (κ1) is 16.0. The van der Waals surface area contributed by atoms with Crippen LogP contribution in [0.25, 0.3) is 0 Å². The molecule has 0 aromatic heterocycles. The van der Waals surface area contributed by atoms with E-state index in [0.29, 0.717) is 6.07 Å². The maximum absolute atomic E-state index is 12.7. The Kier molecular flexibility index (Phi) is 4.51. The molecule has 0 spiro atoms. The van der Waals surface area contributed by atoms with E-state index < -0.39 is 22.4 Å². The van der Waals surface area contributed by atoms with Gasteiger partial charge >= 0.3 is 6.18 Å². The molecule has 6 nitrogen and oxygen atoms in total. The van der Waals surface area contributed by atoms with E-state index in [1.54, 1.807) is 0 Å². The van der Waals surface area contributed by atoms with Crippen molar-refractivity contribution in [3.8, 4) is 12.1 Å². The van der Waals surface area contributed by atoms with Crippen LogP contribution >= 0.6 is 0 Å². The van der Waals surface area contributed by atoms with Crippen LogP contribution < -0.4 is 5.32 Å². The molecule has 1 rings (SSSR count). The summed E-state index contributed by atoms with van der Waals surface area (Å²) in [4.78, 5) is 9.86. The number of nitrogens with one attached hydrogen (secondary N) is 1. The Labute approximate surface area is 116 Å². The first-order valence-electron chi connectivity index (χ1n) is 5.33. The number of nitrogens with zero attached hydrogens (tertiary/aromatic N) is 3. The predicted molar refractivity (Wildman–Crippen MR) is 65.8 cm³/mol. The average molecular weight is 296 g/mol. The zero-order valence-corrected chi connectivity index (χ0v) is 10.5. The summed E-state index contributed by atoms with van der Waals surface area (Å²) >= 11 is 0. The van der Waals surface area contributed by atoms with Gasteiger partial charge in [-0.15, -0.1) is 0 Å². The standard InChI is InChI=1S/C12H7F3N4O2/c1-7-2-10(18-6-8(4-16)5-17)11(19(20)21)3-9(7)12(13,14)15/h2-3,6,18H,1H3. The molecule has 0 fully saturated rings. The predicted octanol–water partition coefficient (Wildman–Crippen LogP) is 3.26. The Hall–Kier alpha value is -3.07. The van der Waals surface area contributed by atoms with Crippen molar-refractivity contribution in [1.82, 2.24) is 0 Å². The van der Waals surface area contributed by atoms with Crippen LogP contribution in [0.3, 0.4) is 0 Å². The van der Waals surface area contributed by atoms with Gasteiger partial charge in [-0.3, -0.25) is 10.1 Å². The van der Waals surface area contributed by atoms with Gasteiger partial charge in [0, 0.05) is 12.3 Å². The van der Waals surface area contributed by atoms with Gasteiger partial charge in [0.2, 0.25) is 0 Å². The molecule has 1 aromatic rings. The molecular formula is C12H7F3N4O2. The van der Waals surface area contributed by atoms with Gasteiger partial charge in [-0.1, -0.05) is 0 Å². The minimum atomic E-state index is -4.71. The normalized spacial score (nSPS) is 10.2. The smallest absolute Gasteiger partial charge is 0.354 e. The fourth-order valence-electron chi connectivity index (χ4n) is 1.51. The summed E-state index contributed by atoms with van der Waals surface area (Å²) in [6, 6.07) is 4.36. The lowest BCUT2D eigenvalue weighted by Gasteiger charge is -2.12. The number of hydrogen-bond acceptors (Lipinski definition) is 5. The molecule has 0 aliphatic heterocycles. The van der Waals surface area contributed by atoms with Gasteiger partial charge in [0.15, 0.2) is 0 Å². The van der Waals surface area contributed by atoms with Gasteiger partial charge < -0.3 is 5.32 Å². The molecule has 9 heteroatoms. The summed E-state index contributed by atoms with van der Waals surface area (Å²) in [7, 11) is 0. The summed E-state index contributed by atoms with van der Waals surface area (Å²) in [5.74, 6) is 0. The van der Waals surface area contributed by atoms with Crippen molar-refractivity contribution in [2.45, 2.75) is 13.1 Å². The highest BCUT2D eigenvalue weighted by atomic mass is 19.4. The quantitative estimate of drug-likeness (QED) is 0.524. The number of anilines is 1. The van der Waals surface area contributed by atoms with Gasteiger partial charge in [-0.25, -0.2) is 0 Å². The Morgan fingerprint density at radius 2 is 1.95 bits per heavy atom. The van der Waals surface area contributed by atoms with E-state index in [-0.39, 0.29) is 16.8 Å². The molecule has 0 radical (unpaired) electrons. The van der Waals surface area contributed by atoms with Crippen LogP contribution in [-0.2, 0) is 6.18 Å². The van der Waals surface area contributed by atoms with Crippen molar-refractivity contribution in [2.75, 3.05) is 5.32 Å². The number of alkyl halides is 3. The van der Waals surface area contributed by atoms with Crippen LogP contribution in [0, 0.1) is 39.7 Å². The molecule has 0 bridgehead atoms. The second kappa shape index (κ2) is 5.92. The van der Waals surface area contributed by atoms with E-state index in [9.17, 15) is 23.3 Å². The van der Waals surface area contributed by atoms with E-state index in [2.05, 4.69) is 5.32 Å². The van der Waals surface area contributed by atoms with E-state index in [4.69, 9.17) is 10.5 Å². The molecule has 0 aliphatic rings.